The van der Waals surface area contributed by atoms with Crippen LogP contribution in [-0.2, 0) is 19.5 Å². The fraction of sp³-hybridized carbons (Fsp3) is 0.429. The van der Waals surface area contributed by atoms with E-state index in [0.717, 1.165) is 18.8 Å². The number of benzene rings is 1. The van der Waals surface area contributed by atoms with Crippen molar-refractivity contribution in [2.75, 3.05) is 5.88 Å². The van der Waals surface area contributed by atoms with Crippen molar-refractivity contribution in [1.29, 1.82) is 0 Å². The van der Waals surface area contributed by atoms with Crippen molar-refractivity contribution >= 4 is 11.6 Å². The molecule has 5 heteroatoms. The van der Waals surface area contributed by atoms with E-state index in [-0.39, 0.29) is 6.04 Å². The number of nitrogens with zero attached hydrogens (tertiary/aromatic N) is 3. The molecule has 19 heavy (non-hydrogen) atoms. The quantitative estimate of drug-likeness (QED) is 0.790. The van der Waals surface area contributed by atoms with Gasteiger partial charge in [0.2, 0.25) is 0 Å². The average Bonchev–Trinajstić information content (AvgIpc) is 2.92. The van der Waals surface area contributed by atoms with Gasteiger partial charge in [0, 0.05) is 18.5 Å². The predicted molar refractivity (Wildman–Crippen MR) is 77.2 cm³/mol. The molecule has 0 amide bonds. The number of aryl methyl sites for hydroxylation is 1. The topological polar surface area (TPSA) is 42.7 Å². The van der Waals surface area contributed by atoms with Gasteiger partial charge >= 0.3 is 0 Å². The number of rotatable bonds is 7. The van der Waals surface area contributed by atoms with Gasteiger partial charge < -0.3 is 5.32 Å². The lowest BCUT2D eigenvalue weighted by Gasteiger charge is -2.16. The molecule has 0 aliphatic carbocycles. The van der Waals surface area contributed by atoms with E-state index in [9.17, 15) is 0 Å². The molecule has 1 aromatic heterocycles. The third kappa shape index (κ3) is 4.04. The van der Waals surface area contributed by atoms with Gasteiger partial charge in [0.05, 0.1) is 6.54 Å². The molecule has 0 bridgehead atoms. The van der Waals surface area contributed by atoms with E-state index in [2.05, 4.69) is 34.5 Å². The van der Waals surface area contributed by atoms with Crippen molar-refractivity contribution in [1.82, 2.24) is 20.1 Å². The first kappa shape index (κ1) is 14.0. The number of alkyl halides is 1. The third-order valence-electron chi connectivity index (χ3n) is 3.06. The van der Waals surface area contributed by atoms with E-state index in [1.807, 2.05) is 22.9 Å². The number of hydrogen-bond donors (Lipinski definition) is 1. The van der Waals surface area contributed by atoms with Gasteiger partial charge in [-0.1, -0.05) is 30.3 Å². The molecule has 1 N–H and O–H groups in total. The lowest BCUT2D eigenvalue weighted by Crippen LogP contribution is -2.33. The van der Waals surface area contributed by atoms with Crippen LogP contribution in [0.5, 0.6) is 0 Å². The Morgan fingerprint density at radius 3 is 2.79 bits per heavy atom. The van der Waals surface area contributed by atoms with Gasteiger partial charge in [-0.05, 0) is 18.9 Å². The summed E-state index contributed by atoms with van der Waals surface area (Å²) < 4.78 is 1.89. The Labute approximate surface area is 118 Å². The SMILES string of the molecule is CCn1ncnc1CNC(CCl)Cc1ccccc1. The summed E-state index contributed by atoms with van der Waals surface area (Å²) in [5.41, 5.74) is 1.29. The second kappa shape index (κ2) is 7.26. The number of aromatic nitrogens is 3. The first-order valence-electron chi connectivity index (χ1n) is 6.53. The maximum atomic E-state index is 6.03. The van der Waals surface area contributed by atoms with Crippen LogP contribution in [0.3, 0.4) is 0 Å². The second-order valence-corrected chi connectivity index (χ2v) is 4.72. The zero-order chi connectivity index (χ0) is 13.5. The zero-order valence-electron chi connectivity index (χ0n) is 11.1. The molecular weight excluding hydrogens is 260 g/mol. The molecule has 4 nitrogen and oxygen atoms in total. The normalized spacial score (nSPS) is 12.5. The molecule has 0 saturated heterocycles. The third-order valence-corrected chi connectivity index (χ3v) is 3.43. The minimum atomic E-state index is 0.242. The fourth-order valence-electron chi connectivity index (χ4n) is 2.00. The van der Waals surface area contributed by atoms with Gasteiger partial charge in [-0.3, -0.25) is 0 Å². The van der Waals surface area contributed by atoms with Crippen molar-refractivity contribution in [2.24, 2.45) is 0 Å². The standard InChI is InChI=1S/C14H19ClN4/c1-2-19-14(17-11-18-19)10-16-13(9-15)8-12-6-4-3-5-7-12/h3-7,11,13,16H,2,8-10H2,1H3. The Bertz CT molecular complexity index is 483. The van der Waals surface area contributed by atoms with E-state index in [1.54, 1.807) is 6.33 Å². The summed E-state index contributed by atoms with van der Waals surface area (Å²) in [6.07, 6.45) is 2.51. The van der Waals surface area contributed by atoms with Crippen LogP contribution in [0.4, 0.5) is 0 Å². The molecule has 2 aromatic rings. The van der Waals surface area contributed by atoms with E-state index in [4.69, 9.17) is 11.6 Å². The van der Waals surface area contributed by atoms with Crippen LogP contribution < -0.4 is 5.32 Å². The highest BCUT2D eigenvalue weighted by Crippen LogP contribution is 2.05. The van der Waals surface area contributed by atoms with Crippen molar-refractivity contribution in [3.05, 3.63) is 48.0 Å². The van der Waals surface area contributed by atoms with Crippen LogP contribution >= 0.6 is 11.6 Å². The molecule has 0 radical (unpaired) electrons. The molecule has 0 saturated carbocycles. The highest BCUT2D eigenvalue weighted by atomic mass is 35.5. The van der Waals surface area contributed by atoms with Gasteiger partial charge in [-0.25, -0.2) is 9.67 Å². The summed E-state index contributed by atoms with van der Waals surface area (Å²) >= 11 is 6.03. The fourth-order valence-corrected chi connectivity index (χ4v) is 2.22. The van der Waals surface area contributed by atoms with E-state index in [0.29, 0.717) is 12.4 Å². The highest BCUT2D eigenvalue weighted by Gasteiger charge is 2.10. The maximum Gasteiger partial charge on any atom is 0.140 e. The van der Waals surface area contributed by atoms with Gasteiger partial charge in [-0.2, -0.15) is 5.10 Å². The average molecular weight is 279 g/mol. The Morgan fingerprint density at radius 1 is 1.32 bits per heavy atom. The molecule has 0 aliphatic heterocycles. The van der Waals surface area contributed by atoms with Crippen LogP contribution in [-0.4, -0.2) is 26.7 Å². The largest absolute Gasteiger partial charge is 0.306 e. The smallest absolute Gasteiger partial charge is 0.140 e. The molecule has 1 atom stereocenters. The summed E-state index contributed by atoms with van der Waals surface area (Å²) in [6, 6.07) is 10.6. The van der Waals surface area contributed by atoms with E-state index in [1.165, 1.54) is 5.56 Å². The Morgan fingerprint density at radius 2 is 2.11 bits per heavy atom. The van der Waals surface area contributed by atoms with Crippen LogP contribution in [0, 0.1) is 0 Å². The maximum absolute atomic E-state index is 6.03. The molecule has 1 heterocycles. The van der Waals surface area contributed by atoms with Crippen LogP contribution in [0.2, 0.25) is 0 Å². The van der Waals surface area contributed by atoms with Crippen molar-refractivity contribution < 1.29 is 0 Å². The molecule has 1 aromatic carbocycles. The Hall–Kier alpha value is -1.39. The summed E-state index contributed by atoms with van der Waals surface area (Å²) in [7, 11) is 0. The predicted octanol–water partition coefficient (Wildman–Crippen LogP) is 2.24. The minimum absolute atomic E-state index is 0.242. The summed E-state index contributed by atoms with van der Waals surface area (Å²) in [5.74, 6) is 1.53. The highest BCUT2D eigenvalue weighted by molar-refractivity contribution is 6.18. The van der Waals surface area contributed by atoms with Gasteiger partial charge in [0.1, 0.15) is 12.2 Å². The number of halogens is 1. The lowest BCUT2D eigenvalue weighted by atomic mass is 10.1. The molecular formula is C14H19ClN4. The van der Waals surface area contributed by atoms with Crippen LogP contribution in [0.25, 0.3) is 0 Å². The lowest BCUT2D eigenvalue weighted by molar-refractivity contribution is 0.510. The van der Waals surface area contributed by atoms with Gasteiger partial charge in [-0.15, -0.1) is 11.6 Å². The molecule has 2 rings (SSSR count). The second-order valence-electron chi connectivity index (χ2n) is 4.41. The van der Waals surface area contributed by atoms with Gasteiger partial charge in [0.15, 0.2) is 0 Å². The van der Waals surface area contributed by atoms with E-state index < -0.39 is 0 Å². The van der Waals surface area contributed by atoms with Crippen molar-refractivity contribution in [3.63, 3.8) is 0 Å². The Balaban J connectivity index is 1.89. The molecule has 0 aliphatic rings. The van der Waals surface area contributed by atoms with Crippen LogP contribution in [0.1, 0.15) is 18.3 Å². The first-order chi connectivity index (χ1) is 9.33. The number of hydrogen-bond acceptors (Lipinski definition) is 3. The van der Waals surface area contributed by atoms with Crippen molar-refractivity contribution in [2.45, 2.75) is 32.5 Å². The summed E-state index contributed by atoms with van der Waals surface area (Å²) in [5, 5.41) is 7.59. The van der Waals surface area contributed by atoms with E-state index >= 15 is 0 Å². The molecule has 1 unspecified atom stereocenters. The van der Waals surface area contributed by atoms with Gasteiger partial charge in [0.25, 0.3) is 0 Å². The number of nitrogens with one attached hydrogen (secondary N) is 1. The Kier molecular flexibility index (Phi) is 5.36. The zero-order valence-corrected chi connectivity index (χ0v) is 11.8. The summed E-state index contributed by atoms with van der Waals surface area (Å²) in [4.78, 5) is 4.25. The minimum Gasteiger partial charge on any atom is -0.306 e. The molecule has 0 fully saturated rings. The first-order valence-corrected chi connectivity index (χ1v) is 7.07. The monoisotopic (exact) mass is 278 g/mol. The summed E-state index contributed by atoms with van der Waals surface area (Å²) in [6.45, 7) is 3.58. The molecule has 102 valence electrons. The van der Waals surface area contributed by atoms with Crippen LogP contribution in [0.15, 0.2) is 36.7 Å². The molecule has 0 spiro atoms. The van der Waals surface area contributed by atoms with Crippen molar-refractivity contribution in [3.8, 4) is 0 Å².